The van der Waals surface area contributed by atoms with Gasteiger partial charge in [-0.25, -0.2) is 18.4 Å². The van der Waals surface area contributed by atoms with Crippen molar-refractivity contribution in [2.24, 2.45) is 0 Å². The van der Waals surface area contributed by atoms with Crippen LogP contribution in [0.15, 0.2) is 36.7 Å². The van der Waals surface area contributed by atoms with Crippen molar-refractivity contribution in [3.05, 3.63) is 45.9 Å². The van der Waals surface area contributed by atoms with Crippen molar-refractivity contribution in [1.29, 1.82) is 0 Å². The number of hydrogen-bond donors (Lipinski definition) is 0. The van der Waals surface area contributed by atoms with Gasteiger partial charge < -0.3 is 0 Å². The lowest BCUT2D eigenvalue weighted by Crippen LogP contribution is -2.40. The van der Waals surface area contributed by atoms with Gasteiger partial charge in [-0.1, -0.05) is 6.07 Å². The summed E-state index contributed by atoms with van der Waals surface area (Å²) in [6, 6.07) is 5.46. The number of fused-ring (bicyclic) bond motifs is 2. The second kappa shape index (κ2) is 7.03. The summed E-state index contributed by atoms with van der Waals surface area (Å²) in [6.45, 7) is -0.913. The molecule has 1 aromatic carbocycles. The lowest BCUT2D eigenvalue weighted by molar-refractivity contribution is -0.287. The Hall–Kier alpha value is -2.45. The summed E-state index contributed by atoms with van der Waals surface area (Å²) >= 11 is 1.95. The number of nitrogens with zero attached hydrogens (tertiary/aromatic N) is 5. The standard InChI is InChI=1S/C18H11F7IN5/c1-16(19,20)10-2-3-11-12(5-10)29-31(15(11)26)14-4-9-6-28-30(13(9)7-27-14)8-17(21,22)18(23,24)25/h2-7H,8H2,1H3. The maximum atomic E-state index is 13.6. The van der Waals surface area contributed by atoms with Crippen LogP contribution < -0.4 is 0 Å². The molecule has 0 aliphatic carbocycles. The van der Waals surface area contributed by atoms with Gasteiger partial charge in [0.2, 0.25) is 0 Å². The Balaban J connectivity index is 1.74. The Morgan fingerprint density at radius 1 is 1.00 bits per heavy atom. The van der Waals surface area contributed by atoms with Gasteiger partial charge in [-0.05, 0) is 40.8 Å². The molecule has 0 spiro atoms. The number of benzene rings is 1. The van der Waals surface area contributed by atoms with Crippen LogP contribution in [0.25, 0.3) is 27.6 Å². The molecule has 0 aliphatic heterocycles. The number of pyridine rings is 1. The SMILES string of the molecule is CC(F)(F)c1ccc2c(I)n(-c3cc4cnn(CC(F)(F)C(F)(F)F)c4cn3)nc2c1. The molecule has 0 aliphatic rings. The highest BCUT2D eigenvalue weighted by molar-refractivity contribution is 14.1. The average Bonchev–Trinajstić information content (AvgIpc) is 3.20. The lowest BCUT2D eigenvalue weighted by atomic mass is 10.1. The maximum absolute atomic E-state index is 13.6. The number of alkyl halides is 7. The molecule has 0 amide bonds. The quantitative estimate of drug-likeness (QED) is 0.240. The third-order valence-corrected chi connectivity index (χ3v) is 5.65. The fraction of sp³-hybridized carbons (Fsp3) is 0.278. The molecule has 0 unspecified atom stereocenters. The fourth-order valence-electron chi connectivity index (χ4n) is 2.96. The van der Waals surface area contributed by atoms with Gasteiger partial charge in [0.05, 0.1) is 23.4 Å². The topological polar surface area (TPSA) is 48.5 Å². The van der Waals surface area contributed by atoms with E-state index in [1.807, 2.05) is 22.6 Å². The summed E-state index contributed by atoms with van der Waals surface area (Å²) in [6.07, 6.45) is -3.46. The molecule has 4 rings (SSSR count). The molecule has 3 aromatic heterocycles. The van der Waals surface area contributed by atoms with Gasteiger partial charge in [-0.2, -0.15) is 32.1 Å². The molecule has 164 valence electrons. The third-order valence-electron chi connectivity index (χ3n) is 4.61. The van der Waals surface area contributed by atoms with E-state index in [1.54, 1.807) is 0 Å². The molecule has 13 heteroatoms. The van der Waals surface area contributed by atoms with E-state index in [9.17, 15) is 30.7 Å². The molecule has 0 radical (unpaired) electrons. The van der Waals surface area contributed by atoms with Crippen molar-refractivity contribution in [1.82, 2.24) is 24.5 Å². The Morgan fingerprint density at radius 2 is 1.71 bits per heavy atom. The van der Waals surface area contributed by atoms with Crippen molar-refractivity contribution >= 4 is 44.4 Å². The van der Waals surface area contributed by atoms with Crippen molar-refractivity contribution in [3.8, 4) is 5.82 Å². The van der Waals surface area contributed by atoms with Crippen LogP contribution in [0.1, 0.15) is 12.5 Å². The van der Waals surface area contributed by atoms with Crippen LogP contribution in [0.4, 0.5) is 30.7 Å². The summed E-state index contributed by atoms with van der Waals surface area (Å²) in [4.78, 5) is 4.09. The van der Waals surface area contributed by atoms with E-state index in [2.05, 4.69) is 15.2 Å². The van der Waals surface area contributed by atoms with Crippen LogP contribution >= 0.6 is 22.6 Å². The van der Waals surface area contributed by atoms with Gasteiger partial charge in [-0.15, -0.1) is 0 Å². The van der Waals surface area contributed by atoms with E-state index in [-0.39, 0.29) is 22.3 Å². The Bertz CT molecular complexity index is 1290. The Kier molecular flexibility index (Phi) is 4.94. The van der Waals surface area contributed by atoms with Crippen molar-refractivity contribution in [2.45, 2.75) is 31.5 Å². The number of halogens is 8. The molecule has 0 bridgehead atoms. The van der Waals surface area contributed by atoms with Gasteiger partial charge in [0.25, 0.3) is 5.92 Å². The van der Waals surface area contributed by atoms with Crippen molar-refractivity contribution in [2.75, 3.05) is 0 Å². The summed E-state index contributed by atoms with van der Waals surface area (Å²) < 4.78 is 93.9. The normalized spacial score (nSPS) is 13.5. The predicted molar refractivity (Wildman–Crippen MR) is 105 cm³/mol. The zero-order chi connectivity index (χ0) is 22.8. The lowest BCUT2D eigenvalue weighted by Gasteiger charge is -2.19. The van der Waals surface area contributed by atoms with Crippen LogP contribution in [0.3, 0.4) is 0 Å². The van der Waals surface area contributed by atoms with Gasteiger partial charge in [0.1, 0.15) is 10.2 Å². The predicted octanol–water partition coefficient (Wildman–Crippen LogP) is 5.68. The van der Waals surface area contributed by atoms with E-state index in [1.165, 1.54) is 28.9 Å². The van der Waals surface area contributed by atoms with Gasteiger partial charge in [0, 0.05) is 23.3 Å². The highest BCUT2D eigenvalue weighted by atomic mass is 127. The molecule has 31 heavy (non-hydrogen) atoms. The second-order valence-electron chi connectivity index (χ2n) is 6.93. The highest BCUT2D eigenvalue weighted by Gasteiger charge is 2.57. The first-order valence-corrected chi connectivity index (χ1v) is 9.69. The molecular weight excluding hydrogens is 546 g/mol. The zero-order valence-corrected chi connectivity index (χ0v) is 17.6. The van der Waals surface area contributed by atoms with Gasteiger partial charge >= 0.3 is 12.1 Å². The fourth-order valence-corrected chi connectivity index (χ4v) is 3.78. The summed E-state index contributed by atoms with van der Waals surface area (Å²) in [5, 5.41) is 8.75. The zero-order valence-electron chi connectivity index (χ0n) is 15.4. The molecule has 0 N–H and O–H groups in total. The molecule has 0 fully saturated rings. The first-order chi connectivity index (χ1) is 14.3. The van der Waals surface area contributed by atoms with Gasteiger partial charge in [0.15, 0.2) is 5.82 Å². The number of rotatable bonds is 4. The minimum Gasteiger partial charge on any atom is -0.257 e. The molecule has 0 saturated carbocycles. The minimum absolute atomic E-state index is 0.0210. The highest BCUT2D eigenvalue weighted by Crippen LogP contribution is 2.37. The summed E-state index contributed by atoms with van der Waals surface area (Å²) in [5.41, 5.74) is 0.0643. The monoisotopic (exact) mass is 557 g/mol. The van der Waals surface area contributed by atoms with Crippen LogP contribution in [-0.2, 0) is 12.5 Å². The Morgan fingerprint density at radius 3 is 2.35 bits per heavy atom. The largest absolute Gasteiger partial charge is 0.455 e. The van der Waals surface area contributed by atoms with Crippen molar-refractivity contribution in [3.63, 3.8) is 0 Å². The van der Waals surface area contributed by atoms with Crippen LogP contribution in [0.2, 0.25) is 0 Å². The minimum atomic E-state index is -5.71. The van der Waals surface area contributed by atoms with E-state index in [4.69, 9.17) is 0 Å². The van der Waals surface area contributed by atoms with E-state index in [0.29, 0.717) is 19.3 Å². The molecule has 5 nitrogen and oxygen atoms in total. The molecule has 0 atom stereocenters. The Labute approximate surface area is 183 Å². The van der Waals surface area contributed by atoms with Crippen LogP contribution in [0.5, 0.6) is 0 Å². The van der Waals surface area contributed by atoms with E-state index >= 15 is 0 Å². The number of aromatic nitrogens is 5. The smallest absolute Gasteiger partial charge is 0.257 e. The average molecular weight is 557 g/mol. The van der Waals surface area contributed by atoms with E-state index < -0.39 is 24.6 Å². The summed E-state index contributed by atoms with van der Waals surface area (Å²) in [7, 11) is 0. The van der Waals surface area contributed by atoms with E-state index in [0.717, 1.165) is 19.3 Å². The third kappa shape index (κ3) is 3.83. The first-order valence-electron chi connectivity index (χ1n) is 8.61. The second-order valence-corrected chi connectivity index (χ2v) is 7.95. The maximum Gasteiger partial charge on any atom is 0.455 e. The van der Waals surface area contributed by atoms with Crippen LogP contribution in [-0.4, -0.2) is 36.6 Å². The van der Waals surface area contributed by atoms with Crippen LogP contribution in [0, 0.1) is 3.70 Å². The molecule has 3 heterocycles. The molecule has 0 saturated heterocycles. The summed E-state index contributed by atoms with van der Waals surface area (Å²) in [5.74, 6) is -7.79. The number of hydrogen-bond acceptors (Lipinski definition) is 3. The first kappa shape index (κ1) is 21.8. The molecule has 4 aromatic rings. The molecular formula is C18H11F7IN5. The van der Waals surface area contributed by atoms with Crippen molar-refractivity contribution < 1.29 is 30.7 Å². The van der Waals surface area contributed by atoms with Gasteiger partial charge in [-0.3, -0.25) is 4.68 Å².